The molecule has 0 atom stereocenters. The van der Waals surface area contributed by atoms with Crippen molar-refractivity contribution >= 4 is 27.4 Å². The number of aliphatic carboxylic acids is 1. The molecule has 4 rings (SSSR count). The summed E-state index contributed by atoms with van der Waals surface area (Å²) in [5, 5.41) is 19.2. The van der Waals surface area contributed by atoms with Gasteiger partial charge in [-0.05, 0) is 60.2 Å². The van der Waals surface area contributed by atoms with Crippen LogP contribution in [0.5, 0.6) is 23.0 Å². The number of hydrogen-bond donors (Lipinski definition) is 2. The van der Waals surface area contributed by atoms with Gasteiger partial charge in [-0.1, -0.05) is 12.1 Å². The molecule has 0 bridgehead atoms. The molecule has 0 fully saturated rings. The number of fused-ring (bicyclic) bond motifs is 1. The second kappa shape index (κ2) is 9.67. The zero-order valence-corrected chi connectivity index (χ0v) is 17.6. The summed E-state index contributed by atoms with van der Waals surface area (Å²) in [6.45, 7) is 0.0269. The number of halogens is 1. The minimum Gasteiger partial charge on any atom is -0.508 e. The third kappa shape index (κ3) is 5.16. The average molecular weight is 454 g/mol. The summed E-state index contributed by atoms with van der Waals surface area (Å²) < 4.78 is 30.9. The Morgan fingerprint density at radius 1 is 0.938 bits per heavy atom. The summed E-state index contributed by atoms with van der Waals surface area (Å²) in [5.41, 5.74) is 0.809. The maximum absolute atomic E-state index is 13.4. The molecule has 1 aromatic heterocycles. The molecular weight excluding hydrogens is 435 g/mol. The van der Waals surface area contributed by atoms with Crippen molar-refractivity contribution in [3.05, 3.63) is 72.5 Å². The van der Waals surface area contributed by atoms with Gasteiger partial charge < -0.3 is 24.4 Å². The predicted molar refractivity (Wildman–Crippen MR) is 119 cm³/mol. The van der Waals surface area contributed by atoms with Crippen molar-refractivity contribution in [1.29, 1.82) is 0 Å². The van der Waals surface area contributed by atoms with Gasteiger partial charge in [-0.2, -0.15) is 0 Å². The highest BCUT2D eigenvalue weighted by Crippen LogP contribution is 2.47. The molecule has 4 aromatic rings. The SMILES string of the molecule is O=C(O)COCCOc1ccc(Oc2c(-c3ccc(F)cc3)sc3cc(O)ccc23)cc1. The molecule has 164 valence electrons. The fraction of sp³-hybridized carbons (Fsp3) is 0.125. The van der Waals surface area contributed by atoms with Gasteiger partial charge in [0.15, 0.2) is 5.75 Å². The second-order valence-electron chi connectivity index (χ2n) is 6.82. The first kappa shape index (κ1) is 21.6. The summed E-state index contributed by atoms with van der Waals surface area (Å²) in [6.07, 6.45) is 0. The number of hydrogen-bond acceptors (Lipinski definition) is 6. The molecule has 8 heteroatoms. The summed E-state index contributed by atoms with van der Waals surface area (Å²) >= 11 is 1.45. The third-order valence-electron chi connectivity index (χ3n) is 4.50. The zero-order chi connectivity index (χ0) is 22.5. The normalized spacial score (nSPS) is 10.9. The van der Waals surface area contributed by atoms with Crippen molar-refractivity contribution in [2.45, 2.75) is 0 Å². The van der Waals surface area contributed by atoms with E-state index in [2.05, 4.69) is 0 Å². The number of thiophene rings is 1. The summed E-state index contributed by atoms with van der Waals surface area (Å²) in [5.74, 6) is 0.601. The van der Waals surface area contributed by atoms with Gasteiger partial charge in [-0.3, -0.25) is 0 Å². The molecule has 0 saturated carbocycles. The summed E-state index contributed by atoms with van der Waals surface area (Å²) in [7, 11) is 0. The maximum Gasteiger partial charge on any atom is 0.329 e. The number of phenols is 1. The lowest BCUT2D eigenvalue weighted by molar-refractivity contribution is -0.142. The van der Waals surface area contributed by atoms with E-state index < -0.39 is 5.97 Å². The lowest BCUT2D eigenvalue weighted by Crippen LogP contribution is -2.12. The fourth-order valence-electron chi connectivity index (χ4n) is 3.05. The molecule has 2 N–H and O–H groups in total. The molecule has 0 radical (unpaired) electrons. The molecule has 0 unspecified atom stereocenters. The molecule has 0 aliphatic heterocycles. The highest BCUT2D eigenvalue weighted by molar-refractivity contribution is 7.22. The van der Waals surface area contributed by atoms with E-state index in [1.54, 1.807) is 54.6 Å². The fourth-order valence-corrected chi connectivity index (χ4v) is 4.22. The Morgan fingerprint density at radius 3 is 2.38 bits per heavy atom. The van der Waals surface area contributed by atoms with Crippen LogP contribution in [-0.4, -0.2) is 36.0 Å². The number of benzene rings is 3. The number of aromatic hydroxyl groups is 1. The van der Waals surface area contributed by atoms with Crippen molar-refractivity contribution in [1.82, 2.24) is 0 Å². The van der Waals surface area contributed by atoms with Crippen LogP contribution in [0.25, 0.3) is 20.5 Å². The predicted octanol–water partition coefficient (Wildman–Crippen LogP) is 5.69. The van der Waals surface area contributed by atoms with Crippen LogP contribution in [0.4, 0.5) is 4.39 Å². The van der Waals surface area contributed by atoms with E-state index in [1.165, 1.54) is 23.5 Å². The molecule has 3 aromatic carbocycles. The third-order valence-corrected chi connectivity index (χ3v) is 5.68. The number of rotatable bonds is 9. The molecular formula is C24H19FO6S. The van der Waals surface area contributed by atoms with Gasteiger partial charge in [0.05, 0.1) is 11.5 Å². The van der Waals surface area contributed by atoms with Crippen molar-refractivity contribution in [3.63, 3.8) is 0 Å². The molecule has 0 aliphatic carbocycles. The van der Waals surface area contributed by atoms with Gasteiger partial charge in [0, 0.05) is 10.1 Å². The van der Waals surface area contributed by atoms with Crippen molar-refractivity contribution in [2.75, 3.05) is 19.8 Å². The van der Waals surface area contributed by atoms with E-state index >= 15 is 0 Å². The number of ether oxygens (including phenoxy) is 3. The first-order chi connectivity index (χ1) is 15.5. The number of phenolic OH excluding ortho intramolecular Hbond substituents is 1. The van der Waals surface area contributed by atoms with Crippen LogP contribution in [0.3, 0.4) is 0 Å². The van der Waals surface area contributed by atoms with E-state index in [-0.39, 0.29) is 31.4 Å². The van der Waals surface area contributed by atoms with Crippen molar-refractivity contribution < 1.29 is 33.6 Å². The standard InChI is InChI=1S/C24H19FO6S/c25-16-3-1-15(2-4-16)24-23(20-10-5-17(26)13-21(20)32-24)31-19-8-6-18(7-9-19)30-12-11-29-14-22(27)28/h1-10,13,26H,11-12,14H2,(H,27,28). The minimum absolute atomic E-state index is 0.157. The first-order valence-electron chi connectivity index (χ1n) is 9.71. The molecule has 0 spiro atoms. The monoisotopic (exact) mass is 454 g/mol. The highest BCUT2D eigenvalue weighted by Gasteiger charge is 2.17. The van der Waals surface area contributed by atoms with Crippen molar-refractivity contribution in [3.8, 4) is 33.4 Å². The van der Waals surface area contributed by atoms with E-state index in [0.29, 0.717) is 17.2 Å². The smallest absolute Gasteiger partial charge is 0.329 e. The summed E-state index contributed by atoms with van der Waals surface area (Å²) in [6, 6.07) is 18.2. The van der Waals surface area contributed by atoms with E-state index in [1.807, 2.05) is 0 Å². The van der Waals surface area contributed by atoms with Crippen LogP contribution in [0, 0.1) is 5.82 Å². The van der Waals surface area contributed by atoms with Crippen LogP contribution in [0.15, 0.2) is 66.7 Å². The van der Waals surface area contributed by atoms with Crippen LogP contribution < -0.4 is 9.47 Å². The van der Waals surface area contributed by atoms with Gasteiger partial charge in [0.1, 0.15) is 36.3 Å². The quantitative estimate of drug-likeness (QED) is 0.316. The van der Waals surface area contributed by atoms with Gasteiger partial charge in [-0.15, -0.1) is 11.3 Å². The number of carboxylic acids is 1. The van der Waals surface area contributed by atoms with Gasteiger partial charge in [0.25, 0.3) is 0 Å². The Hall–Kier alpha value is -3.62. The minimum atomic E-state index is -1.03. The molecule has 1 heterocycles. The first-order valence-corrected chi connectivity index (χ1v) is 10.5. The highest BCUT2D eigenvalue weighted by atomic mass is 32.1. The van der Waals surface area contributed by atoms with Crippen LogP contribution in [0.2, 0.25) is 0 Å². The topological polar surface area (TPSA) is 85.2 Å². The van der Waals surface area contributed by atoms with Gasteiger partial charge in [-0.25, -0.2) is 9.18 Å². The van der Waals surface area contributed by atoms with E-state index in [4.69, 9.17) is 19.3 Å². The number of carbonyl (C=O) groups is 1. The Kier molecular flexibility index (Phi) is 6.53. The van der Waals surface area contributed by atoms with Gasteiger partial charge in [0.2, 0.25) is 0 Å². The molecule has 0 aliphatic rings. The maximum atomic E-state index is 13.4. The van der Waals surface area contributed by atoms with Crippen LogP contribution in [-0.2, 0) is 9.53 Å². The average Bonchev–Trinajstić information content (AvgIpc) is 3.12. The Bertz CT molecular complexity index is 1220. The Morgan fingerprint density at radius 2 is 1.66 bits per heavy atom. The summed E-state index contributed by atoms with van der Waals surface area (Å²) in [4.78, 5) is 11.2. The Balaban J connectivity index is 1.54. The van der Waals surface area contributed by atoms with E-state index in [0.717, 1.165) is 20.5 Å². The zero-order valence-electron chi connectivity index (χ0n) is 16.8. The largest absolute Gasteiger partial charge is 0.508 e. The second-order valence-corrected chi connectivity index (χ2v) is 7.87. The van der Waals surface area contributed by atoms with Crippen LogP contribution in [0.1, 0.15) is 0 Å². The molecule has 32 heavy (non-hydrogen) atoms. The molecule has 0 saturated heterocycles. The molecule has 0 amide bonds. The number of carboxylic acid groups (broad SMARTS) is 1. The molecule has 6 nitrogen and oxygen atoms in total. The van der Waals surface area contributed by atoms with Gasteiger partial charge >= 0.3 is 5.97 Å². The van der Waals surface area contributed by atoms with Crippen LogP contribution >= 0.6 is 11.3 Å². The lowest BCUT2D eigenvalue weighted by atomic mass is 10.1. The van der Waals surface area contributed by atoms with E-state index in [9.17, 15) is 14.3 Å². The lowest BCUT2D eigenvalue weighted by Gasteiger charge is -2.10. The Labute approximate surface area is 187 Å². The van der Waals surface area contributed by atoms with Crippen molar-refractivity contribution in [2.24, 2.45) is 0 Å².